The third kappa shape index (κ3) is 7.74. The topological polar surface area (TPSA) is 130 Å². The van der Waals surface area contributed by atoms with Crippen molar-refractivity contribution in [2.24, 2.45) is 5.92 Å². The summed E-state index contributed by atoms with van der Waals surface area (Å²) in [5.41, 5.74) is 0.595. The second kappa shape index (κ2) is 11.9. The second-order valence-electron chi connectivity index (χ2n) is 8.96. The number of carbonyl (C=O) groups excluding carboxylic acids is 2. The van der Waals surface area contributed by atoms with Crippen LogP contribution >= 0.6 is 0 Å². The van der Waals surface area contributed by atoms with Crippen molar-refractivity contribution in [1.29, 1.82) is 0 Å². The molecule has 36 heavy (non-hydrogen) atoms. The minimum atomic E-state index is -4.04. The number of carbonyl (C=O) groups is 2. The van der Waals surface area contributed by atoms with E-state index in [1.807, 2.05) is 13.8 Å². The van der Waals surface area contributed by atoms with Crippen molar-refractivity contribution in [3.05, 3.63) is 69.5 Å². The minimum Gasteiger partial charge on any atom is -0.354 e. The van der Waals surface area contributed by atoms with Gasteiger partial charge in [-0.25, -0.2) is 12.8 Å². The number of aryl methyl sites for hydroxylation is 1. The maximum absolute atomic E-state index is 13.5. The van der Waals surface area contributed by atoms with Crippen molar-refractivity contribution < 1.29 is 27.3 Å². The highest BCUT2D eigenvalue weighted by atomic mass is 32.2. The third-order valence-corrected chi connectivity index (χ3v) is 6.60. The monoisotopic (exact) mass is 522 g/mol. The average Bonchev–Trinajstić information content (AvgIpc) is 2.79. The number of anilines is 1. The van der Waals surface area contributed by atoms with E-state index < -0.39 is 45.2 Å². The summed E-state index contributed by atoms with van der Waals surface area (Å²) >= 11 is 0. The van der Waals surface area contributed by atoms with E-state index in [0.717, 1.165) is 16.6 Å². The van der Waals surface area contributed by atoms with Crippen LogP contribution in [-0.2, 0) is 26.2 Å². The molecule has 0 aliphatic heterocycles. The zero-order valence-electron chi connectivity index (χ0n) is 20.9. The van der Waals surface area contributed by atoms with Crippen LogP contribution in [-0.4, -0.2) is 55.4 Å². The standard InChI is InChI=1S/C24H31FN4O6S/c1-16(2)13-26-24(31)18(4)27(14-19-7-9-20(25)10-8-19)23(30)15-28(36(5,34)35)22-12-21(29(32)33)11-6-17(22)3/h6-12,16,18H,13-15H2,1-5H3,(H,26,31)/t18-/m1/s1. The Morgan fingerprint density at radius 3 is 2.25 bits per heavy atom. The Hall–Kier alpha value is -3.54. The minimum absolute atomic E-state index is 0.0151. The molecule has 0 aliphatic rings. The molecule has 0 saturated carbocycles. The first-order valence-electron chi connectivity index (χ1n) is 11.2. The molecule has 1 atom stereocenters. The van der Waals surface area contributed by atoms with Crippen molar-refractivity contribution in [3.8, 4) is 0 Å². The van der Waals surface area contributed by atoms with Gasteiger partial charge in [0.2, 0.25) is 21.8 Å². The van der Waals surface area contributed by atoms with Gasteiger partial charge in [0.15, 0.2) is 0 Å². The molecule has 196 valence electrons. The van der Waals surface area contributed by atoms with Crippen LogP contribution in [0.5, 0.6) is 0 Å². The Kier molecular flexibility index (Phi) is 9.51. The lowest BCUT2D eigenvalue weighted by Gasteiger charge is -2.32. The van der Waals surface area contributed by atoms with Gasteiger partial charge in [0.05, 0.1) is 16.9 Å². The molecule has 0 radical (unpaired) electrons. The lowest BCUT2D eigenvalue weighted by Crippen LogP contribution is -2.51. The number of hydrogen-bond acceptors (Lipinski definition) is 6. The molecule has 0 heterocycles. The Bertz CT molecular complexity index is 1220. The van der Waals surface area contributed by atoms with Gasteiger partial charge in [-0.15, -0.1) is 0 Å². The molecular formula is C24H31FN4O6S. The molecule has 10 nitrogen and oxygen atoms in total. The van der Waals surface area contributed by atoms with E-state index >= 15 is 0 Å². The highest BCUT2D eigenvalue weighted by Gasteiger charge is 2.31. The van der Waals surface area contributed by atoms with Gasteiger partial charge in [-0.05, 0) is 43.0 Å². The Balaban J connectivity index is 2.45. The number of nitrogens with one attached hydrogen (secondary N) is 1. The van der Waals surface area contributed by atoms with E-state index in [9.17, 15) is 32.5 Å². The number of non-ortho nitro benzene ring substituents is 1. The Labute approximate surface area is 210 Å². The van der Waals surface area contributed by atoms with Crippen molar-refractivity contribution in [3.63, 3.8) is 0 Å². The second-order valence-corrected chi connectivity index (χ2v) is 10.9. The summed E-state index contributed by atoms with van der Waals surface area (Å²) in [7, 11) is -4.04. The number of rotatable bonds is 11. The molecular weight excluding hydrogens is 491 g/mol. The summed E-state index contributed by atoms with van der Waals surface area (Å²) in [6.07, 6.45) is 0.891. The average molecular weight is 523 g/mol. The molecule has 2 aromatic carbocycles. The molecule has 0 aliphatic carbocycles. The van der Waals surface area contributed by atoms with Gasteiger partial charge in [-0.3, -0.25) is 24.0 Å². The summed E-state index contributed by atoms with van der Waals surface area (Å²) in [6, 6.07) is 8.12. The smallest absolute Gasteiger partial charge is 0.271 e. The van der Waals surface area contributed by atoms with Gasteiger partial charge in [-0.2, -0.15) is 0 Å². The summed E-state index contributed by atoms with van der Waals surface area (Å²) in [6.45, 7) is 6.52. The van der Waals surface area contributed by atoms with Crippen molar-refractivity contribution >= 4 is 33.2 Å². The van der Waals surface area contributed by atoms with Crippen LogP contribution in [0.15, 0.2) is 42.5 Å². The van der Waals surface area contributed by atoms with Gasteiger partial charge in [0, 0.05) is 25.2 Å². The number of hydrogen-bond donors (Lipinski definition) is 1. The zero-order chi connectivity index (χ0) is 27.2. The molecule has 0 fully saturated rings. The molecule has 0 bridgehead atoms. The SMILES string of the molecule is Cc1ccc([N+](=O)[O-])cc1N(CC(=O)N(Cc1ccc(F)cc1)[C@H](C)C(=O)NCC(C)C)S(C)(=O)=O. The fourth-order valence-electron chi connectivity index (χ4n) is 3.40. The van der Waals surface area contributed by atoms with Crippen molar-refractivity contribution in [2.45, 2.75) is 40.3 Å². The van der Waals surface area contributed by atoms with Crippen LogP contribution in [0.2, 0.25) is 0 Å². The van der Waals surface area contributed by atoms with Gasteiger partial charge < -0.3 is 10.2 Å². The fourth-order valence-corrected chi connectivity index (χ4v) is 4.30. The van der Waals surface area contributed by atoms with Gasteiger partial charge in [-0.1, -0.05) is 32.0 Å². The zero-order valence-corrected chi connectivity index (χ0v) is 21.7. The van der Waals surface area contributed by atoms with Crippen LogP contribution in [0.3, 0.4) is 0 Å². The van der Waals surface area contributed by atoms with Crippen LogP contribution in [0.1, 0.15) is 31.9 Å². The van der Waals surface area contributed by atoms with Gasteiger partial charge >= 0.3 is 0 Å². The molecule has 12 heteroatoms. The normalized spacial score (nSPS) is 12.2. The summed E-state index contributed by atoms with van der Waals surface area (Å²) in [5, 5.41) is 14.0. The predicted octanol–water partition coefficient (Wildman–Crippen LogP) is 3.00. The van der Waals surface area contributed by atoms with E-state index in [1.165, 1.54) is 48.2 Å². The molecule has 1 N–H and O–H groups in total. The van der Waals surface area contributed by atoms with Gasteiger partial charge in [0.25, 0.3) is 5.69 Å². The van der Waals surface area contributed by atoms with E-state index in [-0.39, 0.29) is 23.8 Å². The van der Waals surface area contributed by atoms with E-state index in [0.29, 0.717) is 17.7 Å². The van der Waals surface area contributed by atoms with Crippen LogP contribution in [0.25, 0.3) is 0 Å². The van der Waals surface area contributed by atoms with Crippen molar-refractivity contribution in [1.82, 2.24) is 10.2 Å². The van der Waals surface area contributed by atoms with E-state index in [4.69, 9.17) is 0 Å². The van der Waals surface area contributed by atoms with E-state index in [2.05, 4.69) is 5.32 Å². The lowest BCUT2D eigenvalue weighted by molar-refractivity contribution is -0.384. The first kappa shape index (κ1) is 28.7. The Morgan fingerprint density at radius 2 is 1.72 bits per heavy atom. The third-order valence-electron chi connectivity index (χ3n) is 5.47. The highest BCUT2D eigenvalue weighted by Crippen LogP contribution is 2.28. The molecule has 0 spiro atoms. The molecule has 0 unspecified atom stereocenters. The molecule has 0 aromatic heterocycles. The number of nitrogens with zero attached hydrogens (tertiary/aromatic N) is 3. The first-order valence-corrected chi connectivity index (χ1v) is 13.1. The number of nitro benzene ring substituents is 1. The Morgan fingerprint density at radius 1 is 1.11 bits per heavy atom. The highest BCUT2D eigenvalue weighted by molar-refractivity contribution is 7.92. The fraction of sp³-hybridized carbons (Fsp3) is 0.417. The number of nitro groups is 1. The quantitative estimate of drug-likeness (QED) is 0.357. The summed E-state index contributed by atoms with van der Waals surface area (Å²) in [5.74, 6) is -1.44. The number of benzene rings is 2. The summed E-state index contributed by atoms with van der Waals surface area (Å²) in [4.78, 5) is 38.1. The van der Waals surface area contributed by atoms with Crippen molar-refractivity contribution in [2.75, 3.05) is 23.7 Å². The predicted molar refractivity (Wildman–Crippen MR) is 134 cm³/mol. The maximum atomic E-state index is 13.5. The molecule has 0 saturated heterocycles. The number of halogens is 1. The van der Waals surface area contributed by atoms with Crippen LogP contribution in [0, 0.1) is 28.8 Å². The van der Waals surface area contributed by atoms with E-state index in [1.54, 1.807) is 6.92 Å². The first-order chi connectivity index (χ1) is 16.7. The molecule has 2 amide bonds. The van der Waals surface area contributed by atoms with Crippen LogP contribution < -0.4 is 9.62 Å². The van der Waals surface area contributed by atoms with Crippen LogP contribution in [0.4, 0.5) is 15.8 Å². The lowest BCUT2D eigenvalue weighted by atomic mass is 10.1. The summed E-state index contributed by atoms with van der Waals surface area (Å²) < 4.78 is 39.5. The number of sulfonamides is 1. The number of amides is 2. The van der Waals surface area contributed by atoms with Gasteiger partial charge in [0.1, 0.15) is 18.4 Å². The largest absolute Gasteiger partial charge is 0.354 e. The maximum Gasteiger partial charge on any atom is 0.271 e. The molecule has 2 rings (SSSR count). The molecule has 2 aromatic rings.